The number of hydrogen-bond donors (Lipinski definition) is 1. The maximum Gasteiger partial charge on any atom is 0.341 e. The fourth-order valence-electron chi connectivity index (χ4n) is 3.66. The van der Waals surface area contributed by atoms with Gasteiger partial charge in [-0.2, -0.15) is 0 Å². The third-order valence-corrected chi connectivity index (χ3v) is 5.42. The Hall–Kier alpha value is -2.41. The van der Waals surface area contributed by atoms with Crippen LogP contribution in [0.1, 0.15) is 31.1 Å². The summed E-state index contributed by atoms with van der Waals surface area (Å²) in [6.45, 7) is 7.92. The number of aromatic nitrogens is 1. The van der Waals surface area contributed by atoms with Gasteiger partial charge in [0.2, 0.25) is 5.43 Å². The molecule has 3 rings (SSSR count). The standard InChI is InChI=1S/C19H24FN3O3/c1-5-22-10-14(19(25)26)18(24)13-6-15(20)17(7-16(13)22)23-8-11(2)21(4)12(3)9-23/h6-7,10-12H,5,8-9H2,1-4H3,(H,25,26). The summed E-state index contributed by atoms with van der Waals surface area (Å²) in [7, 11) is 2.06. The van der Waals surface area contributed by atoms with Crippen LogP contribution in [0.25, 0.3) is 10.9 Å². The molecular formula is C19H24FN3O3. The van der Waals surface area contributed by atoms with Crippen LogP contribution in [0.4, 0.5) is 10.1 Å². The number of aromatic carboxylic acids is 1. The van der Waals surface area contributed by atoms with Gasteiger partial charge in [-0.25, -0.2) is 9.18 Å². The molecule has 2 aromatic rings. The largest absolute Gasteiger partial charge is 0.477 e. The first-order valence-corrected chi connectivity index (χ1v) is 8.81. The predicted molar refractivity (Wildman–Crippen MR) is 99.7 cm³/mol. The molecule has 0 radical (unpaired) electrons. The second-order valence-electron chi connectivity index (χ2n) is 7.05. The SMILES string of the molecule is CCn1cc(C(=O)O)c(=O)c2cc(F)c(N3CC(C)N(C)C(C)C3)cc21. The zero-order valence-electron chi connectivity index (χ0n) is 15.5. The summed E-state index contributed by atoms with van der Waals surface area (Å²) in [5.74, 6) is -1.80. The number of piperazine rings is 1. The molecule has 0 aliphatic carbocycles. The van der Waals surface area contributed by atoms with Gasteiger partial charge < -0.3 is 14.6 Å². The van der Waals surface area contributed by atoms with Gasteiger partial charge in [0.15, 0.2) is 0 Å². The highest BCUT2D eigenvalue weighted by Gasteiger charge is 2.28. The highest BCUT2D eigenvalue weighted by molar-refractivity contribution is 5.93. The molecular weight excluding hydrogens is 337 g/mol. The van der Waals surface area contributed by atoms with Crippen molar-refractivity contribution in [2.45, 2.75) is 39.4 Å². The molecule has 1 aliphatic rings. The second kappa shape index (κ2) is 6.72. The van der Waals surface area contributed by atoms with Crippen molar-refractivity contribution in [3.05, 3.63) is 39.9 Å². The molecule has 2 atom stereocenters. The van der Waals surface area contributed by atoms with E-state index in [0.29, 0.717) is 30.8 Å². The molecule has 1 saturated heterocycles. The molecule has 0 spiro atoms. The van der Waals surface area contributed by atoms with Gasteiger partial charge >= 0.3 is 5.97 Å². The van der Waals surface area contributed by atoms with E-state index < -0.39 is 17.2 Å². The lowest BCUT2D eigenvalue weighted by molar-refractivity contribution is 0.0695. The van der Waals surface area contributed by atoms with Crippen molar-refractivity contribution in [2.24, 2.45) is 0 Å². The lowest BCUT2D eigenvalue weighted by Crippen LogP contribution is -2.55. The number of hydrogen-bond acceptors (Lipinski definition) is 4. The minimum Gasteiger partial charge on any atom is -0.477 e. The summed E-state index contributed by atoms with van der Waals surface area (Å²) < 4.78 is 16.5. The Morgan fingerprint density at radius 3 is 2.42 bits per heavy atom. The van der Waals surface area contributed by atoms with Crippen LogP contribution in [0, 0.1) is 5.82 Å². The van der Waals surface area contributed by atoms with E-state index in [-0.39, 0.29) is 23.0 Å². The zero-order chi connectivity index (χ0) is 19.2. The molecule has 2 unspecified atom stereocenters. The minimum atomic E-state index is -1.30. The quantitative estimate of drug-likeness (QED) is 0.909. The molecule has 140 valence electrons. The van der Waals surface area contributed by atoms with E-state index >= 15 is 0 Å². The summed E-state index contributed by atoms with van der Waals surface area (Å²) in [6, 6.07) is 3.40. The third-order valence-electron chi connectivity index (χ3n) is 5.42. The van der Waals surface area contributed by atoms with Gasteiger partial charge in [0.05, 0.1) is 11.2 Å². The molecule has 0 saturated carbocycles. The van der Waals surface area contributed by atoms with Crippen LogP contribution in [0.5, 0.6) is 0 Å². The molecule has 26 heavy (non-hydrogen) atoms. The number of pyridine rings is 1. The fourth-order valence-corrected chi connectivity index (χ4v) is 3.66. The summed E-state index contributed by atoms with van der Waals surface area (Å²) in [6.07, 6.45) is 1.34. The van der Waals surface area contributed by atoms with Crippen LogP contribution in [0.2, 0.25) is 0 Å². The maximum atomic E-state index is 14.9. The van der Waals surface area contributed by atoms with Crippen molar-refractivity contribution in [3.63, 3.8) is 0 Å². The van der Waals surface area contributed by atoms with E-state index in [1.54, 1.807) is 10.6 Å². The van der Waals surface area contributed by atoms with E-state index in [0.717, 1.165) is 0 Å². The fraction of sp³-hybridized carbons (Fsp3) is 0.474. The van der Waals surface area contributed by atoms with Crippen molar-refractivity contribution in [2.75, 3.05) is 25.0 Å². The molecule has 1 fully saturated rings. The van der Waals surface area contributed by atoms with Gasteiger partial charge in [-0.15, -0.1) is 0 Å². The highest BCUT2D eigenvalue weighted by atomic mass is 19.1. The van der Waals surface area contributed by atoms with Crippen LogP contribution in [-0.4, -0.2) is 52.8 Å². The Labute approximate surface area is 151 Å². The van der Waals surface area contributed by atoms with Gasteiger partial charge in [0, 0.05) is 43.3 Å². The van der Waals surface area contributed by atoms with Gasteiger partial charge in [0.25, 0.3) is 0 Å². The number of carbonyl (C=O) groups is 1. The molecule has 2 heterocycles. The first-order valence-electron chi connectivity index (χ1n) is 8.81. The normalized spacial score (nSPS) is 21.3. The van der Waals surface area contributed by atoms with E-state index in [2.05, 4.69) is 25.8 Å². The van der Waals surface area contributed by atoms with Gasteiger partial charge in [-0.3, -0.25) is 9.69 Å². The molecule has 1 aliphatic heterocycles. The van der Waals surface area contributed by atoms with Crippen LogP contribution in [-0.2, 0) is 6.54 Å². The van der Waals surface area contributed by atoms with Crippen LogP contribution < -0.4 is 10.3 Å². The Morgan fingerprint density at radius 1 is 1.27 bits per heavy atom. The first-order chi connectivity index (χ1) is 12.2. The molecule has 7 heteroatoms. The molecule has 0 bridgehead atoms. The molecule has 0 amide bonds. The number of halogens is 1. The number of carboxylic acid groups (broad SMARTS) is 1. The van der Waals surface area contributed by atoms with Crippen LogP contribution in [0.3, 0.4) is 0 Å². The summed E-state index contributed by atoms with van der Waals surface area (Å²) in [5.41, 5.74) is 0.0169. The number of benzene rings is 1. The second-order valence-corrected chi connectivity index (χ2v) is 7.05. The number of nitrogens with zero attached hydrogens (tertiary/aromatic N) is 3. The average Bonchev–Trinajstić information content (AvgIpc) is 2.59. The Kier molecular flexibility index (Phi) is 4.75. The van der Waals surface area contributed by atoms with Crippen LogP contribution >= 0.6 is 0 Å². The summed E-state index contributed by atoms with van der Waals surface area (Å²) in [4.78, 5) is 28.0. The van der Waals surface area contributed by atoms with E-state index in [9.17, 15) is 19.1 Å². The summed E-state index contributed by atoms with van der Waals surface area (Å²) in [5, 5.41) is 9.34. The van der Waals surface area contributed by atoms with Crippen molar-refractivity contribution in [1.82, 2.24) is 9.47 Å². The lowest BCUT2D eigenvalue weighted by atomic mass is 10.1. The number of aryl methyl sites for hydroxylation is 1. The number of carboxylic acids is 1. The van der Waals surface area contributed by atoms with Gasteiger partial charge in [0.1, 0.15) is 11.4 Å². The Balaban J connectivity index is 2.18. The van der Waals surface area contributed by atoms with E-state index in [1.807, 2.05) is 11.8 Å². The maximum absolute atomic E-state index is 14.9. The number of rotatable bonds is 3. The van der Waals surface area contributed by atoms with Crippen LogP contribution in [0.15, 0.2) is 23.1 Å². The first kappa shape index (κ1) is 18.4. The monoisotopic (exact) mass is 361 g/mol. The van der Waals surface area contributed by atoms with Crippen molar-refractivity contribution in [1.29, 1.82) is 0 Å². The zero-order valence-corrected chi connectivity index (χ0v) is 15.5. The smallest absolute Gasteiger partial charge is 0.341 e. The molecule has 6 nitrogen and oxygen atoms in total. The average molecular weight is 361 g/mol. The molecule has 1 N–H and O–H groups in total. The van der Waals surface area contributed by atoms with Crippen molar-refractivity contribution in [3.8, 4) is 0 Å². The van der Waals surface area contributed by atoms with Gasteiger partial charge in [-0.05, 0) is 40.0 Å². The highest BCUT2D eigenvalue weighted by Crippen LogP contribution is 2.28. The van der Waals surface area contributed by atoms with E-state index in [4.69, 9.17) is 0 Å². The van der Waals surface area contributed by atoms with E-state index in [1.165, 1.54) is 12.3 Å². The molecule has 1 aromatic carbocycles. The number of likely N-dealkylation sites (N-methyl/N-ethyl adjacent to an activating group) is 1. The van der Waals surface area contributed by atoms with Crippen molar-refractivity contribution < 1.29 is 14.3 Å². The lowest BCUT2D eigenvalue weighted by Gasteiger charge is -2.43. The number of fused-ring (bicyclic) bond motifs is 1. The Bertz CT molecular complexity index is 912. The topological polar surface area (TPSA) is 65.8 Å². The van der Waals surface area contributed by atoms with Crippen molar-refractivity contribution >= 4 is 22.6 Å². The summed E-state index contributed by atoms with van der Waals surface area (Å²) >= 11 is 0. The molecule has 1 aromatic heterocycles. The third kappa shape index (κ3) is 2.96. The number of anilines is 1. The Morgan fingerprint density at radius 2 is 1.88 bits per heavy atom. The predicted octanol–water partition coefficient (Wildman–Crippen LogP) is 2.39. The minimum absolute atomic E-state index is 0.100. The van der Waals surface area contributed by atoms with Gasteiger partial charge in [-0.1, -0.05) is 0 Å².